The third-order valence-corrected chi connectivity index (χ3v) is 1.13. The van der Waals surface area contributed by atoms with Gasteiger partial charge in [0.25, 0.3) is 0 Å². The molecule has 0 rings (SSSR count). The maximum atomic E-state index is 10.4. The molecule has 0 aromatic carbocycles. The highest BCUT2D eigenvalue weighted by Crippen LogP contribution is 2.01. The number of amides is 1. The van der Waals surface area contributed by atoms with Crippen LogP contribution in [0, 0.1) is 0 Å². The topological polar surface area (TPSA) is 38.3 Å². The summed E-state index contributed by atoms with van der Waals surface area (Å²) in [5, 5.41) is 2.40. The van der Waals surface area contributed by atoms with E-state index >= 15 is 0 Å². The fourth-order valence-electron chi connectivity index (χ4n) is 0.268. The summed E-state index contributed by atoms with van der Waals surface area (Å²) < 4.78 is 4.52. The summed E-state index contributed by atoms with van der Waals surface area (Å²) in [7, 11) is 6.21. The molecule has 0 atom stereocenters. The van der Waals surface area contributed by atoms with Crippen LogP contribution in [0.1, 0.15) is 6.92 Å². The minimum absolute atomic E-state index is 0.375. The summed E-state index contributed by atoms with van der Waals surface area (Å²) in [6.45, 7) is 2.13. The van der Waals surface area contributed by atoms with Crippen molar-refractivity contribution in [3.05, 3.63) is 0 Å². The molecule has 0 bridgehead atoms. The molecule has 0 unspecified atom stereocenters. The van der Waals surface area contributed by atoms with Gasteiger partial charge in [-0.05, 0) is 28.6 Å². The average molecular weight is 170 g/mol. The van der Waals surface area contributed by atoms with Crippen molar-refractivity contribution >= 4 is 27.8 Å². The first-order valence-electron chi connectivity index (χ1n) is 2.45. The van der Waals surface area contributed by atoms with Gasteiger partial charge in [-0.25, -0.2) is 4.79 Å². The Bertz CT molecular complexity index is 90.6. The second-order valence-electron chi connectivity index (χ2n) is 1.15. The Morgan fingerprint density at radius 3 is 3.00 bits per heavy atom. The van der Waals surface area contributed by atoms with Gasteiger partial charge in [-0.3, -0.25) is 0 Å². The second-order valence-corrected chi connectivity index (χ2v) is 2.31. The van der Waals surface area contributed by atoms with Crippen LogP contribution in [0.15, 0.2) is 0 Å². The maximum absolute atomic E-state index is 10.4. The van der Waals surface area contributed by atoms with E-state index in [2.05, 4.69) is 10.1 Å². The largest absolute Gasteiger partial charge is 0.450 e. The fourth-order valence-corrected chi connectivity index (χ4v) is 0.604. The number of alkyl carbamates (subject to hydrolysis) is 1. The van der Waals surface area contributed by atoms with Gasteiger partial charge in [-0.15, -0.1) is 0 Å². The highest BCUT2D eigenvalue weighted by Gasteiger charge is 1.95. The quantitative estimate of drug-likeness (QED) is 0.652. The van der Waals surface area contributed by atoms with Gasteiger partial charge < -0.3 is 10.1 Å². The zero-order chi connectivity index (χ0) is 7.11. The van der Waals surface area contributed by atoms with E-state index in [1.165, 1.54) is 0 Å². The summed E-state index contributed by atoms with van der Waals surface area (Å²) >= 11 is 0. The van der Waals surface area contributed by atoms with E-state index in [1.807, 2.05) is 0 Å². The highest BCUT2D eigenvalue weighted by molar-refractivity contribution is 8.21. The summed E-state index contributed by atoms with van der Waals surface area (Å²) in [5.74, 6) is 0.375. The predicted molar refractivity (Wildman–Crippen MR) is 38.5 cm³/mol. The summed E-state index contributed by atoms with van der Waals surface area (Å²) in [5.41, 5.74) is 0. The lowest BCUT2D eigenvalue weighted by Gasteiger charge is -2.00. The third kappa shape index (κ3) is 5.79. The Morgan fingerprint density at radius 1 is 1.89 bits per heavy atom. The number of hydrogen-bond acceptors (Lipinski definition) is 3. The van der Waals surface area contributed by atoms with Crippen molar-refractivity contribution in [2.45, 2.75) is 6.92 Å². The highest BCUT2D eigenvalue weighted by atomic mass is 35.7. The molecule has 0 aliphatic rings. The van der Waals surface area contributed by atoms with Crippen molar-refractivity contribution in [2.75, 3.05) is 12.5 Å². The lowest BCUT2D eigenvalue weighted by molar-refractivity contribution is 0.154. The van der Waals surface area contributed by atoms with Crippen molar-refractivity contribution in [3.8, 4) is 0 Å². The molecule has 0 saturated carbocycles. The second kappa shape index (κ2) is 6.04. The van der Waals surface area contributed by atoms with Crippen LogP contribution in [0.4, 0.5) is 4.79 Å². The van der Waals surface area contributed by atoms with Crippen molar-refractivity contribution < 1.29 is 9.53 Å². The third-order valence-electron chi connectivity index (χ3n) is 0.546. The number of carbonyl (C=O) groups is 1. The standard InChI is InChI=1S/C4H8ClNO2S/c1-2-8-4(7)6-3-9-5/h2-3H2,1H3,(H,6,7). The molecule has 0 saturated heterocycles. The lowest BCUT2D eigenvalue weighted by Crippen LogP contribution is -2.22. The molecule has 0 aliphatic carbocycles. The molecule has 0 aromatic rings. The Labute approximate surface area is 62.6 Å². The zero-order valence-electron chi connectivity index (χ0n) is 5.02. The molecule has 0 fully saturated rings. The minimum Gasteiger partial charge on any atom is -0.450 e. The van der Waals surface area contributed by atoms with Crippen LogP contribution in [0.3, 0.4) is 0 Å². The van der Waals surface area contributed by atoms with Gasteiger partial charge in [-0.1, -0.05) is 0 Å². The van der Waals surface area contributed by atoms with E-state index in [4.69, 9.17) is 10.7 Å². The average Bonchev–Trinajstić information content (AvgIpc) is 1.85. The monoisotopic (exact) mass is 169 g/mol. The maximum Gasteiger partial charge on any atom is 0.407 e. The predicted octanol–water partition coefficient (Wildman–Crippen LogP) is 1.58. The fraction of sp³-hybridized carbons (Fsp3) is 0.750. The van der Waals surface area contributed by atoms with Crippen molar-refractivity contribution in [3.63, 3.8) is 0 Å². The van der Waals surface area contributed by atoms with E-state index in [9.17, 15) is 4.79 Å². The number of ether oxygens (including phenoxy) is 1. The number of rotatable bonds is 3. The Balaban J connectivity index is 3.06. The molecule has 0 aliphatic heterocycles. The van der Waals surface area contributed by atoms with Crippen LogP contribution in [0.2, 0.25) is 0 Å². The molecule has 9 heavy (non-hydrogen) atoms. The van der Waals surface area contributed by atoms with Gasteiger partial charge >= 0.3 is 6.09 Å². The van der Waals surface area contributed by atoms with Crippen LogP contribution >= 0.6 is 21.7 Å². The van der Waals surface area contributed by atoms with Crippen LogP contribution in [-0.2, 0) is 4.74 Å². The molecule has 0 aromatic heterocycles. The van der Waals surface area contributed by atoms with Gasteiger partial charge in [-0.2, -0.15) is 0 Å². The van der Waals surface area contributed by atoms with Crippen LogP contribution in [-0.4, -0.2) is 18.6 Å². The first kappa shape index (κ1) is 8.91. The number of hydrogen-bond donors (Lipinski definition) is 1. The number of carbonyl (C=O) groups excluding carboxylic acids is 1. The van der Waals surface area contributed by atoms with E-state index in [1.54, 1.807) is 6.92 Å². The lowest BCUT2D eigenvalue weighted by atomic mass is 10.9. The molecule has 1 amide bonds. The van der Waals surface area contributed by atoms with Gasteiger partial charge in [0.2, 0.25) is 0 Å². The minimum atomic E-state index is -0.425. The summed E-state index contributed by atoms with van der Waals surface area (Å²) in [6, 6.07) is 0. The van der Waals surface area contributed by atoms with Gasteiger partial charge in [0.1, 0.15) is 0 Å². The molecule has 0 radical (unpaired) electrons. The van der Waals surface area contributed by atoms with Crippen LogP contribution < -0.4 is 5.32 Å². The van der Waals surface area contributed by atoms with E-state index in [0.717, 1.165) is 11.0 Å². The smallest absolute Gasteiger partial charge is 0.407 e. The van der Waals surface area contributed by atoms with Crippen molar-refractivity contribution in [1.82, 2.24) is 5.32 Å². The SMILES string of the molecule is CCOC(=O)NCSCl. The molecule has 0 heterocycles. The normalized spacial score (nSPS) is 8.67. The number of halogens is 1. The van der Waals surface area contributed by atoms with Crippen LogP contribution in [0.25, 0.3) is 0 Å². The molecular weight excluding hydrogens is 162 g/mol. The Kier molecular flexibility index (Phi) is 5.98. The molecule has 1 N–H and O–H groups in total. The van der Waals surface area contributed by atoms with Gasteiger partial charge in [0.15, 0.2) is 0 Å². The van der Waals surface area contributed by atoms with E-state index in [-0.39, 0.29) is 0 Å². The molecule has 0 spiro atoms. The van der Waals surface area contributed by atoms with E-state index < -0.39 is 6.09 Å². The van der Waals surface area contributed by atoms with Crippen molar-refractivity contribution in [2.24, 2.45) is 0 Å². The molecule has 3 nitrogen and oxygen atoms in total. The number of nitrogens with one attached hydrogen (secondary N) is 1. The van der Waals surface area contributed by atoms with Gasteiger partial charge in [0.05, 0.1) is 12.5 Å². The summed E-state index contributed by atoms with van der Waals surface area (Å²) in [6.07, 6.45) is -0.425. The Hall–Kier alpha value is -0.0900. The first-order valence-corrected chi connectivity index (χ1v) is 4.26. The Morgan fingerprint density at radius 2 is 2.56 bits per heavy atom. The van der Waals surface area contributed by atoms with Crippen LogP contribution in [0.5, 0.6) is 0 Å². The zero-order valence-corrected chi connectivity index (χ0v) is 6.59. The van der Waals surface area contributed by atoms with E-state index in [0.29, 0.717) is 12.5 Å². The summed E-state index contributed by atoms with van der Waals surface area (Å²) in [4.78, 5) is 10.4. The molecule has 54 valence electrons. The molecule has 5 heteroatoms. The van der Waals surface area contributed by atoms with Gasteiger partial charge in [0, 0.05) is 0 Å². The van der Waals surface area contributed by atoms with Crippen molar-refractivity contribution in [1.29, 1.82) is 0 Å². The first-order chi connectivity index (χ1) is 4.31. The molecular formula is C4H8ClNO2S.